The second-order valence-corrected chi connectivity index (χ2v) is 6.35. The molecule has 0 amide bonds. The van der Waals surface area contributed by atoms with E-state index < -0.39 is 46.5 Å². The minimum absolute atomic E-state index is 0.339. The zero-order chi connectivity index (χ0) is 17.8. The van der Waals surface area contributed by atoms with Gasteiger partial charge in [-0.2, -0.15) is 8.42 Å². The molecule has 0 saturated carbocycles. The molecular weight excluding hydrogens is 332 g/mol. The number of carboxylic acid groups (broad SMARTS) is 2. The van der Waals surface area contributed by atoms with Crippen LogP contribution in [0, 0.1) is 6.92 Å². The summed E-state index contributed by atoms with van der Waals surface area (Å²) in [7, 11) is -4.50. The van der Waals surface area contributed by atoms with E-state index in [0.717, 1.165) is 5.56 Å². The number of rotatable bonds is 7. The first kappa shape index (κ1) is 18.6. The number of aliphatic hydroxyl groups is 1. The number of carbonyl (C=O) groups excluding carboxylic acids is 1. The number of carboxylic acids is 2. The van der Waals surface area contributed by atoms with Crippen LogP contribution in [0.2, 0.25) is 0 Å². The molecule has 0 aliphatic carbocycles. The molecule has 0 fully saturated rings. The Balaban J connectivity index is 2.91. The number of benzene rings is 1. The molecule has 0 bridgehead atoms. The fourth-order valence-electron chi connectivity index (χ4n) is 1.61. The van der Waals surface area contributed by atoms with Crippen LogP contribution in [0.3, 0.4) is 0 Å². The lowest BCUT2D eigenvalue weighted by molar-refractivity contribution is -0.169. The van der Waals surface area contributed by atoms with E-state index in [1.54, 1.807) is 6.92 Å². The van der Waals surface area contributed by atoms with E-state index in [-0.39, 0.29) is 4.90 Å². The Hall–Kier alpha value is -2.46. The highest BCUT2D eigenvalue weighted by molar-refractivity contribution is 7.87. The van der Waals surface area contributed by atoms with Gasteiger partial charge in [-0.05, 0) is 19.1 Å². The highest BCUT2D eigenvalue weighted by atomic mass is 32.2. The van der Waals surface area contributed by atoms with E-state index in [4.69, 9.17) is 10.2 Å². The molecule has 1 aromatic rings. The average Bonchev–Trinajstić information content (AvgIpc) is 2.36. The van der Waals surface area contributed by atoms with E-state index in [9.17, 15) is 27.9 Å². The molecule has 126 valence electrons. The number of aryl methyl sites for hydroxylation is 1. The van der Waals surface area contributed by atoms with E-state index >= 15 is 0 Å². The lowest BCUT2D eigenvalue weighted by Crippen LogP contribution is -2.43. The van der Waals surface area contributed by atoms with Gasteiger partial charge < -0.3 is 19.5 Å². The molecule has 1 atom stereocenters. The standard InChI is InChI=1S/C13H14O9S/c1-8-2-4-9(5-3-8)23(20,21)22-11(16)7-13(19,12(17)18)6-10(14)15/h2-5,19H,6-7H2,1H3,(H,14,15)(H,17,18). The van der Waals surface area contributed by atoms with Crippen molar-refractivity contribution in [3.63, 3.8) is 0 Å². The van der Waals surface area contributed by atoms with Gasteiger partial charge >= 0.3 is 28.0 Å². The third-order valence-electron chi connectivity index (χ3n) is 2.79. The predicted octanol–water partition coefficient (Wildman–Crippen LogP) is -0.0926. The Labute approximate surface area is 131 Å². The van der Waals surface area contributed by atoms with Crippen molar-refractivity contribution < 1.29 is 42.3 Å². The molecule has 0 spiro atoms. The molecule has 1 unspecified atom stereocenters. The summed E-state index contributed by atoms with van der Waals surface area (Å²) in [6, 6.07) is 5.27. The largest absolute Gasteiger partial charge is 0.481 e. The van der Waals surface area contributed by atoms with Crippen molar-refractivity contribution in [1.29, 1.82) is 0 Å². The van der Waals surface area contributed by atoms with Crippen molar-refractivity contribution in [2.24, 2.45) is 0 Å². The third-order valence-corrected chi connectivity index (χ3v) is 4.05. The molecule has 0 heterocycles. The molecule has 0 aliphatic rings. The molecule has 0 saturated heterocycles. The monoisotopic (exact) mass is 346 g/mol. The van der Waals surface area contributed by atoms with Crippen LogP contribution in [0.15, 0.2) is 29.2 Å². The Morgan fingerprint density at radius 3 is 2.04 bits per heavy atom. The average molecular weight is 346 g/mol. The van der Waals surface area contributed by atoms with Crippen LogP contribution < -0.4 is 0 Å². The maximum Gasteiger partial charge on any atom is 0.341 e. The van der Waals surface area contributed by atoms with Crippen molar-refractivity contribution in [1.82, 2.24) is 0 Å². The maximum absolute atomic E-state index is 11.8. The lowest BCUT2D eigenvalue weighted by Gasteiger charge is -2.19. The Morgan fingerprint density at radius 1 is 1.09 bits per heavy atom. The summed E-state index contributed by atoms with van der Waals surface area (Å²) in [5, 5.41) is 27.0. The quantitative estimate of drug-likeness (QED) is 0.574. The molecule has 23 heavy (non-hydrogen) atoms. The SMILES string of the molecule is Cc1ccc(S(=O)(=O)OC(=O)CC(O)(CC(=O)O)C(=O)O)cc1. The van der Waals surface area contributed by atoms with Gasteiger partial charge in [0, 0.05) is 0 Å². The summed E-state index contributed by atoms with van der Waals surface area (Å²) in [6.45, 7) is 1.71. The highest BCUT2D eigenvalue weighted by Gasteiger charge is 2.42. The van der Waals surface area contributed by atoms with Gasteiger partial charge in [-0.25, -0.2) is 4.79 Å². The minimum atomic E-state index is -4.50. The van der Waals surface area contributed by atoms with Crippen molar-refractivity contribution in [3.05, 3.63) is 29.8 Å². The topological polar surface area (TPSA) is 155 Å². The van der Waals surface area contributed by atoms with Crippen LogP contribution >= 0.6 is 0 Å². The second-order valence-electron chi connectivity index (χ2n) is 4.81. The van der Waals surface area contributed by atoms with E-state index in [0.29, 0.717) is 0 Å². The summed E-state index contributed by atoms with van der Waals surface area (Å²) >= 11 is 0. The highest BCUT2D eigenvalue weighted by Crippen LogP contribution is 2.20. The van der Waals surface area contributed by atoms with Gasteiger partial charge in [0.2, 0.25) is 0 Å². The van der Waals surface area contributed by atoms with Crippen LogP contribution in [-0.4, -0.2) is 47.2 Å². The molecule has 1 rings (SSSR count). The fraction of sp³-hybridized carbons (Fsp3) is 0.308. The Kier molecular flexibility index (Phi) is 5.46. The molecule has 3 N–H and O–H groups in total. The van der Waals surface area contributed by atoms with Gasteiger partial charge in [0.15, 0.2) is 5.60 Å². The summed E-state index contributed by atoms with van der Waals surface area (Å²) in [4.78, 5) is 32.7. The normalized spacial score (nSPS) is 13.8. The van der Waals surface area contributed by atoms with Crippen LogP contribution in [0.4, 0.5) is 0 Å². The molecule has 0 aliphatic heterocycles. The van der Waals surface area contributed by atoms with Crippen LogP contribution in [0.5, 0.6) is 0 Å². The number of aliphatic carboxylic acids is 2. The van der Waals surface area contributed by atoms with E-state index in [1.807, 2.05) is 0 Å². The van der Waals surface area contributed by atoms with Crippen molar-refractivity contribution in [3.8, 4) is 0 Å². The van der Waals surface area contributed by atoms with Gasteiger partial charge in [-0.3, -0.25) is 9.59 Å². The maximum atomic E-state index is 11.8. The first-order valence-corrected chi connectivity index (χ1v) is 7.59. The van der Waals surface area contributed by atoms with E-state index in [1.165, 1.54) is 24.3 Å². The first-order valence-electron chi connectivity index (χ1n) is 6.18. The molecule has 10 heteroatoms. The summed E-state index contributed by atoms with van der Waals surface area (Å²) in [6.07, 6.45) is -2.62. The number of hydrogen-bond donors (Lipinski definition) is 3. The smallest absolute Gasteiger partial charge is 0.341 e. The van der Waals surface area contributed by atoms with Crippen molar-refractivity contribution in [2.75, 3.05) is 0 Å². The molecule has 0 radical (unpaired) electrons. The van der Waals surface area contributed by atoms with Crippen molar-refractivity contribution in [2.45, 2.75) is 30.3 Å². The minimum Gasteiger partial charge on any atom is -0.481 e. The Morgan fingerprint density at radius 2 is 1.61 bits per heavy atom. The van der Waals surface area contributed by atoms with Crippen molar-refractivity contribution >= 4 is 28.0 Å². The zero-order valence-electron chi connectivity index (χ0n) is 11.9. The lowest BCUT2D eigenvalue weighted by atomic mass is 9.96. The van der Waals surface area contributed by atoms with Crippen LogP contribution in [0.1, 0.15) is 18.4 Å². The fourth-order valence-corrected chi connectivity index (χ4v) is 2.48. The summed E-state index contributed by atoms with van der Waals surface area (Å²) in [5.74, 6) is -5.24. The summed E-state index contributed by atoms with van der Waals surface area (Å²) in [5.41, 5.74) is -2.21. The van der Waals surface area contributed by atoms with Crippen LogP contribution in [0.25, 0.3) is 0 Å². The van der Waals surface area contributed by atoms with Gasteiger partial charge in [0.1, 0.15) is 4.90 Å². The number of hydrogen-bond acceptors (Lipinski definition) is 7. The molecule has 1 aromatic carbocycles. The molecule has 9 nitrogen and oxygen atoms in total. The molecule has 0 aromatic heterocycles. The van der Waals surface area contributed by atoms with Crippen LogP contribution in [-0.2, 0) is 28.7 Å². The zero-order valence-corrected chi connectivity index (χ0v) is 12.7. The van der Waals surface area contributed by atoms with Gasteiger partial charge in [0.25, 0.3) is 0 Å². The third kappa shape index (κ3) is 5.04. The van der Waals surface area contributed by atoms with Gasteiger partial charge in [-0.1, -0.05) is 17.7 Å². The number of carbonyl (C=O) groups is 3. The van der Waals surface area contributed by atoms with Gasteiger partial charge in [0.05, 0.1) is 12.8 Å². The van der Waals surface area contributed by atoms with Gasteiger partial charge in [-0.15, -0.1) is 0 Å². The van der Waals surface area contributed by atoms with E-state index in [2.05, 4.69) is 4.18 Å². The molecular formula is C13H14O9S. The first-order chi connectivity index (χ1) is 10.5. The Bertz CT molecular complexity index is 720. The second kappa shape index (κ2) is 6.75. The summed E-state index contributed by atoms with van der Waals surface area (Å²) < 4.78 is 27.9. The predicted molar refractivity (Wildman–Crippen MR) is 73.9 cm³/mol.